The van der Waals surface area contributed by atoms with Gasteiger partial charge in [-0.25, -0.2) is 0 Å². The molecule has 0 aliphatic heterocycles. The molecule has 2 aromatic rings. The van der Waals surface area contributed by atoms with Gasteiger partial charge in [0.05, 0.1) is 11.9 Å². The van der Waals surface area contributed by atoms with Crippen molar-refractivity contribution < 1.29 is 4.79 Å². The number of carbonyl (C=O) groups excluding carboxylic acids is 1. The predicted molar refractivity (Wildman–Crippen MR) is 80.8 cm³/mol. The maximum absolute atomic E-state index is 12.4. The Labute approximate surface area is 118 Å². The molecule has 1 amide bonds. The van der Waals surface area contributed by atoms with Crippen LogP contribution < -0.4 is 11.1 Å². The van der Waals surface area contributed by atoms with Gasteiger partial charge in [-0.1, -0.05) is 25.1 Å². The summed E-state index contributed by atoms with van der Waals surface area (Å²) in [5.41, 5.74) is 9.66. The van der Waals surface area contributed by atoms with Crippen molar-refractivity contribution in [3.05, 3.63) is 41.2 Å². The highest BCUT2D eigenvalue weighted by molar-refractivity contribution is 6.07. The highest BCUT2D eigenvalue weighted by atomic mass is 16.2. The summed E-state index contributed by atoms with van der Waals surface area (Å²) < 4.78 is 1.61. The molecule has 1 heterocycles. The van der Waals surface area contributed by atoms with Gasteiger partial charge in [0.15, 0.2) is 0 Å². The van der Waals surface area contributed by atoms with Gasteiger partial charge in [-0.15, -0.1) is 0 Å². The lowest BCUT2D eigenvalue weighted by Crippen LogP contribution is -2.20. The summed E-state index contributed by atoms with van der Waals surface area (Å²) in [6.07, 6.45) is 2.37. The standard InChI is InChI=1S/C15H20N4O/c1-4-11-8-6-7-10(3)13(11)18-15(20)14-12(16)9-17-19(14)5-2/h6-9H,4-5,16H2,1-3H3,(H,18,20). The molecule has 5 nitrogen and oxygen atoms in total. The van der Waals surface area contributed by atoms with E-state index in [0.717, 1.165) is 23.2 Å². The summed E-state index contributed by atoms with van der Waals surface area (Å²) in [4.78, 5) is 12.4. The van der Waals surface area contributed by atoms with E-state index in [9.17, 15) is 4.79 Å². The monoisotopic (exact) mass is 272 g/mol. The Morgan fingerprint density at radius 3 is 2.80 bits per heavy atom. The van der Waals surface area contributed by atoms with Crippen molar-refractivity contribution in [2.24, 2.45) is 0 Å². The SMILES string of the molecule is CCc1cccc(C)c1NC(=O)c1c(N)cnn1CC. The highest BCUT2D eigenvalue weighted by Crippen LogP contribution is 2.22. The summed E-state index contributed by atoms with van der Waals surface area (Å²) >= 11 is 0. The summed E-state index contributed by atoms with van der Waals surface area (Å²) in [5, 5.41) is 7.06. The largest absolute Gasteiger partial charge is 0.396 e. The Morgan fingerprint density at radius 2 is 2.15 bits per heavy atom. The van der Waals surface area contributed by atoms with Gasteiger partial charge in [-0.3, -0.25) is 9.48 Å². The number of benzene rings is 1. The topological polar surface area (TPSA) is 72.9 Å². The second kappa shape index (κ2) is 5.77. The molecule has 1 aromatic carbocycles. The first-order chi connectivity index (χ1) is 9.58. The van der Waals surface area contributed by atoms with Crippen LogP contribution in [-0.4, -0.2) is 15.7 Å². The molecule has 5 heteroatoms. The van der Waals surface area contributed by atoms with Crippen molar-refractivity contribution in [2.75, 3.05) is 11.1 Å². The number of nitrogens with two attached hydrogens (primary N) is 1. The van der Waals surface area contributed by atoms with Crippen LogP contribution in [0.3, 0.4) is 0 Å². The lowest BCUT2D eigenvalue weighted by molar-refractivity contribution is 0.101. The van der Waals surface area contributed by atoms with E-state index in [2.05, 4.69) is 17.3 Å². The quantitative estimate of drug-likeness (QED) is 0.898. The lowest BCUT2D eigenvalue weighted by atomic mass is 10.1. The Bertz CT molecular complexity index is 631. The van der Waals surface area contributed by atoms with Gasteiger partial charge in [0.25, 0.3) is 5.91 Å². The molecule has 0 saturated heterocycles. The molecule has 0 bridgehead atoms. The number of carbonyl (C=O) groups is 1. The van der Waals surface area contributed by atoms with E-state index in [1.54, 1.807) is 4.68 Å². The number of hydrogen-bond donors (Lipinski definition) is 2. The molecule has 1 aromatic heterocycles. The Hall–Kier alpha value is -2.30. The summed E-state index contributed by atoms with van der Waals surface area (Å²) in [6, 6.07) is 5.99. The zero-order valence-electron chi connectivity index (χ0n) is 12.1. The van der Waals surface area contributed by atoms with Gasteiger partial charge < -0.3 is 11.1 Å². The minimum atomic E-state index is -0.217. The fourth-order valence-corrected chi connectivity index (χ4v) is 2.26. The minimum Gasteiger partial charge on any atom is -0.396 e. The first-order valence-electron chi connectivity index (χ1n) is 6.79. The van der Waals surface area contributed by atoms with Crippen molar-refractivity contribution >= 4 is 17.3 Å². The number of para-hydroxylation sites is 1. The van der Waals surface area contributed by atoms with Gasteiger partial charge >= 0.3 is 0 Å². The number of nitrogens with one attached hydrogen (secondary N) is 1. The van der Waals surface area contributed by atoms with Crippen LogP contribution in [0, 0.1) is 6.92 Å². The van der Waals surface area contributed by atoms with E-state index in [4.69, 9.17) is 5.73 Å². The van der Waals surface area contributed by atoms with E-state index in [-0.39, 0.29) is 5.91 Å². The van der Waals surface area contributed by atoms with Crippen LogP contribution in [0.25, 0.3) is 0 Å². The predicted octanol–water partition coefficient (Wildman–Crippen LogP) is 2.61. The molecule has 0 saturated carbocycles. The van der Waals surface area contributed by atoms with Gasteiger partial charge in [0.2, 0.25) is 0 Å². The Kier molecular flexibility index (Phi) is 4.08. The fourth-order valence-electron chi connectivity index (χ4n) is 2.26. The first kappa shape index (κ1) is 14.1. The molecule has 3 N–H and O–H groups in total. The van der Waals surface area contributed by atoms with Crippen LogP contribution in [-0.2, 0) is 13.0 Å². The number of rotatable bonds is 4. The van der Waals surface area contributed by atoms with Gasteiger partial charge in [0.1, 0.15) is 5.69 Å². The number of nitrogen functional groups attached to an aromatic ring is 1. The normalized spacial score (nSPS) is 10.6. The van der Waals surface area contributed by atoms with Crippen LogP contribution in [0.5, 0.6) is 0 Å². The van der Waals surface area contributed by atoms with Crippen molar-refractivity contribution in [1.29, 1.82) is 0 Å². The van der Waals surface area contributed by atoms with Crippen LogP contribution in [0.4, 0.5) is 11.4 Å². The molecule has 0 fully saturated rings. The van der Waals surface area contributed by atoms with E-state index < -0.39 is 0 Å². The third kappa shape index (κ3) is 2.52. The van der Waals surface area contributed by atoms with E-state index in [1.807, 2.05) is 32.0 Å². The number of anilines is 2. The third-order valence-electron chi connectivity index (χ3n) is 3.36. The first-order valence-corrected chi connectivity index (χ1v) is 6.79. The number of aromatic nitrogens is 2. The Morgan fingerprint density at radius 1 is 1.40 bits per heavy atom. The van der Waals surface area contributed by atoms with E-state index >= 15 is 0 Å². The number of aryl methyl sites for hydroxylation is 3. The summed E-state index contributed by atoms with van der Waals surface area (Å²) in [6.45, 7) is 6.58. The molecule has 0 spiro atoms. The smallest absolute Gasteiger partial charge is 0.276 e. The fraction of sp³-hybridized carbons (Fsp3) is 0.333. The molecule has 106 valence electrons. The second-order valence-corrected chi connectivity index (χ2v) is 4.68. The van der Waals surface area contributed by atoms with Crippen molar-refractivity contribution in [3.8, 4) is 0 Å². The molecule has 2 rings (SSSR count). The Balaban J connectivity index is 2.35. The van der Waals surface area contributed by atoms with E-state index in [1.165, 1.54) is 6.20 Å². The molecule has 0 aliphatic carbocycles. The molecule has 0 atom stereocenters. The second-order valence-electron chi connectivity index (χ2n) is 4.68. The zero-order chi connectivity index (χ0) is 14.7. The minimum absolute atomic E-state index is 0.217. The molecule has 0 aliphatic rings. The van der Waals surface area contributed by atoms with Gasteiger partial charge in [-0.2, -0.15) is 5.10 Å². The summed E-state index contributed by atoms with van der Waals surface area (Å²) in [5.74, 6) is -0.217. The maximum atomic E-state index is 12.4. The maximum Gasteiger partial charge on any atom is 0.276 e. The third-order valence-corrected chi connectivity index (χ3v) is 3.36. The lowest BCUT2D eigenvalue weighted by Gasteiger charge is -2.13. The van der Waals surface area contributed by atoms with Crippen molar-refractivity contribution in [2.45, 2.75) is 33.7 Å². The highest BCUT2D eigenvalue weighted by Gasteiger charge is 2.17. The van der Waals surface area contributed by atoms with Crippen LogP contribution >= 0.6 is 0 Å². The molecular formula is C15H20N4O. The molecule has 0 radical (unpaired) electrons. The van der Waals surface area contributed by atoms with Crippen molar-refractivity contribution in [1.82, 2.24) is 9.78 Å². The molecular weight excluding hydrogens is 252 g/mol. The van der Waals surface area contributed by atoms with Crippen LogP contribution in [0.2, 0.25) is 0 Å². The molecule has 20 heavy (non-hydrogen) atoms. The summed E-state index contributed by atoms with van der Waals surface area (Å²) in [7, 11) is 0. The number of nitrogens with zero attached hydrogens (tertiary/aromatic N) is 2. The molecule has 0 unspecified atom stereocenters. The van der Waals surface area contributed by atoms with E-state index in [0.29, 0.717) is 17.9 Å². The van der Waals surface area contributed by atoms with Crippen molar-refractivity contribution in [3.63, 3.8) is 0 Å². The van der Waals surface area contributed by atoms with Crippen LogP contribution in [0.15, 0.2) is 24.4 Å². The van der Waals surface area contributed by atoms with Gasteiger partial charge in [0, 0.05) is 12.2 Å². The van der Waals surface area contributed by atoms with Crippen LogP contribution in [0.1, 0.15) is 35.5 Å². The average molecular weight is 272 g/mol. The number of hydrogen-bond acceptors (Lipinski definition) is 3. The number of amides is 1. The average Bonchev–Trinajstić information content (AvgIpc) is 2.82. The van der Waals surface area contributed by atoms with Gasteiger partial charge in [-0.05, 0) is 31.4 Å². The zero-order valence-corrected chi connectivity index (χ0v) is 12.1.